The molecule has 2 fully saturated rings. The van der Waals surface area contributed by atoms with Gasteiger partial charge >= 0.3 is 11.9 Å². The lowest BCUT2D eigenvalue weighted by Crippen LogP contribution is -2.64. The number of halogens is 1. The summed E-state index contributed by atoms with van der Waals surface area (Å²) < 4.78 is 23.9. The number of amides is 2. The molecule has 1 aromatic rings. The van der Waals surface area contributed by atoms with Crippen LogP contribution in [0.1, 0.15) is 45.1 Å². The van der Waals surface area contributed by atoms with Gasteiger partial charge in [-0.05, 0) is 56.8 Å². The summed E-state index contributed by atoms with van der Waals surface area (Å²) >= 11 is 0. The first-order chi connectivity index (χ1) is 16.2. The highest BCUT2D eigenvalue weighted by Gasteiger charge is 2.52. The minimum Gasteiger partial charge on any atom is -0.467 e. The average Bonchev–Trinajstić information content (AvgIpc) is 3.47. The zero-order chi connectivity index (χ0) is 24.9. The normalized spacial score (nSPS) is 23.8. The summed E-state index contributed by atoms with van der Waals surface area (Å²) in [7, 11) is 1.17. The summed E-state index contributed by atoms with van der Waals surface area (Å²) in [6.45, 7) is 3.76. The molecular formula is C24H32FN3O6. The molecule has 0 saturated carbocycles. The maximum Gasteiger partial charge on any atom is 0.332 e. The molecule has 2 aliphatic heterocycles. The van der Waals surface area contributed by atoms with Gasteiger partial charge in [0.25, 0.3) is 0 Å². The van der Waals surface area contributed by atoms with Crippen LogP contribution in [0.4, 0.5) is 4.39 Å². The molecule has 0 bridgehead atoms. The first kappa shape index (κ1) is 25.6. The van der Waals surface area contributed by atoms with E-state index in [4.69, 9.17) is 9.47 Å². The summed E-state index contributed by atoms with van der Waals surface area (Å²) in [5, 5.41) is 5.84. The second-order valence-electron chi connectivity index (χ2n) is 8.87. The third kappa shape index (κ3) is 5.55. The number of nitrogens with zero attached hydrogens (tertiary/aromatic N) is 1. The predicted octanol–water partition coefficient (Wildman–Crippen LogP) is 1.09. The summed E-state index contributed by atoms with van der Waals surface area (Å²) in [5.74, 6) is -2.61. The maximum atomic E-state index is 14.0. The van der Waals surface area contributed by atoms with Gasteiger partial charge in [0.1, 0.15) is 17.5 Å². The fourth-order valence-electron chi connectivity index (χ4n) is 4.87. The Morgan fingerprint density at radius 3 is 2.68 bits per heavy atom. The van der Waals surface area contributed by atoms with E-state index in [-0.39, 0.29) is 12.3 Å². The second kappa shape index (κ2) is 10.9. The Bertz CT molecular complexity index is 935. The van der Waals surface area contributed by atoms with Gasteiger partial charge in [0.2, 0.25) is 11.8 Å². The van der Waals surface area contributed by atoms with Crippen LogP contribution in [0.2, 0.25) is 0 Å². The zero-order valence-electron chi connectivity index (χ0n) is 19.8. The Kier molecular flexibility index (Phi) is 8.24. The Balaban J connectivity index is 1.96. The zero-order valence-corrected chi connectivity index (χ0v) is 19.8. The lowest BCUT2D eigenvalue weighted by Gasteiger charge is -2.39. The largest absolute Gasteiger partial charge is 0.467 e. The van der Waals surface area contributed by atoms with Gasteiger partial charge in [-0.2, -0.15) is 0 Å². The van der Waals surface area contributed by atoms with Crippen molar-refractivity contribution in [3.63, 3.8) is 0 Å². The van der Waals surface area contributed by atoms with Crippen molar-refractivity contribution < 1.29 is 33.0 Å². The quantitative estimate of drug-likeness (QED) is 0.539. The van der Waals surface area contributed by atoms with Crippen LogP contribution in [0.5, 0.6) is 0 Å². The van der Waals surface area contributed by atoms with E-state index in [1.807, 2.05) is 0 Å². The molecule has 2 N–H and O–H groups in total. The molecule has 2 aliphatic rings. The summed E-state index contributed by atoms with van der Waals surface area (Å²) in [6.07, 6.45) is 1.51. The van der Waals surface area contributed by atoms with E-state index in [1.165, 1.54) is 33.1 Å². The summed E-state index contributed by atoms with van der Waals surface area (Å²) in [5.41, 5.74) is -0.783. The topological polar surface area (TPSA) is 114 Å². The minimum atomic E-state index is -1.34. The van der Waals surface area contributed by atoms with Gasteiger partial charge in [-0.25, -0.2) is 9.18 Å². The van der Waals surface area contributed by atoms with Crippen molar-refractivity contribution in [2.24, 2.45) is 0 Å². The maximum absolute atomic E-state index is 14.0. The van der Waals surface area contributed by atoms with Crippen LogP contribution in [0.3, 0.4) is 0 Å². The minimum absolute atomic E-state index is 0.0743. The van der Waals surface area contributed by atoms with Crippen LogP contribution in [-0.2, 0) is 35.1 Å². The number of ether oxygens (including phenoxy) is 2. The second-order valence-corrected chi connectivity index (χ2v) is 8.87. The molecule has 2 amide bonds. The van der Waals surface area contributed by atoms with E-state index in [9.17, 15) is 23.6 Å². The van der Waals surface area contributed by atoms with Crippen LogP contribution >= 0.6 is 0 Å². The van der Waals surface area contributed by atoms with Crippen LogP contribution in [-0.4, -0.2) is 72.6 Å². The summed E-state index contributed by atoms with van der Waals surface area (Å²) in [4.78, 5) is 52.7. The van der Waals surface area contributed by atoms with Gasteiger partial charge in [0.15, 0.2) is 6.04 Å². The number of nitrogens with one attached hydrogen (secondary N) is 2. The number of hydrogen-bond donors (Lipinski definition) is 2. The molecule has 0 spiro atoms. The monoisotopic (exact) mass is 477 g/mol. The number of benzene rings is 1. The van der Waals surface area contributed by atoms with Gasteiger partial charge in [0.05, 0.1) is 13.2 Å². The highest BCUT2D eigenvalue weighted by molar-refractivity contribution is 5.96. The lowest BCUT2D eigenvalue weighted by molar-refractivity contribution is -0.158. The van der Waals surface area contributed by atoms with Crippen LogP contribution in [0.25, 0.3) is 0 Å². The standard InChI is InChI=1S/C24H32FN3O6/c1-15(34-16(2)29)20(22(31)33-3)27-23(32)24(14-17-7-4-8-18(25)13-17)10-6-12-28(24)21(30)19-9-5-11-26-19/h4,7-8,13,15,19-20,26H,5-6,9-12,14H2,1-3H3,(H,27,32)/t15-,19?,20+,24?/m1/s1. The molecule has 4 atom stereocenters. The number of esters is 2. The van der Waals surface area contributed by atoms with Gasteiger partial charge < -0.3 is 25.0 Å². The summed E-state index contributed by atoms with van der Waals surface area (Å²) in [6, 6.07) is 4.23. The fraction of sp³-hybridized carbons (Fsp3) is 0.583. The van der Waals surface area contributed by atoms with Crippen molar-refractivity contribution >= 4 is 23.8 Å². The molecule has 2 saturated heterocycles. The molecule has 0 radical (unpaired) electrons. The number of carbonyl (C=O) groups is 4. The Labute approximate surface area is 198 Å². The number of likely N-dealkylation sites (tertiary alicyclic amines) is 1. The highest BCUT2D eigenvalue weighted by atomic mass is 19.1. The average molecular weight is 478 g/mol. The Hall–Kier alpha value is -3.01. The van der Waals surface area contributed by atoms with E-state index in [0.717, 1.165) is 13.0 Å². The fourth-order valence-corrected chi connectivity index (χ4v) is 4.87. The Morgan fingerprint density at radius 1 is 1.29 bits per heavy atom. The van der Waals surface area contributed by atoms with E-state index < -0.39 is 47.4 Å². The third-order valence-corrected chi connectivity index (χ3v) is 6.48. The van der Waals surface area contributed by atoms with Crippen LogP contribution < -0.4 is 10.6 Å². The van der Waals surface area contributed by atoms with Gasteiger partial charge in [-0.15, -0.1) is 0 Å². The van der Waals surface area contributed by atoms with Gasteiger partial charge in [0, 0.05) is 19.9 Å². The molecule has 2 heterocycles. The van der Waals surface area contributed by atoms with E-state index in [1.54, 1.807) is 17.0 Å². The number of rotatable bonds is 8. The number of methoxy groups -OCH3 is 1. The van der Waals surface area contributed by atoms with Crippen molar-refractivity contribution in [1.29, 1.82) is 0 Å². The molecule has 0 aromatic heterocycles. The van der Waals surface area contributed by atoms with Crippen molar-refractivity contribution in [3.8, 4) is 0 Å². The van der Waals surface area contributed by atoms with E-state index >= 15 is 0 Å². The van der Waals surface area contributed by atoms with Gasteiger partial charge in [-0.1, -0.05) is 12.1 Å². The van der Waals surface area contributed by atoms with Crippen molar-refractivity contribution in [2.75, 3.05) is 20.2 Å². The molecule has 2 unspecified atom stereocenters. The van der Waals surface area contributed by atoms with E-state index in [0.29, 0.717) is 31.4 Å². The van der Waals surface area contributed by atoms with Crippen molar-refractivity contribution in [3.05, 3.63) is 35.6 Å². The lowest BCUT2D eigenvalue weighted by atomic mass is 9.86. The number of carbonyl (C=O) groups excluding carboxylic acids is 4. The molecule has 10 heteroatoms. The SMILES string of the molecule is COC(=O)[C@@H](NC(=O)C1(Cc2cccc(F)c2)CCCN1C(=O)C1CCCN1)[C@@H](C)OC(C)=O. The smallest absolute Gasteiger partial charge is 0.332 e. The van der Waals surface area contributed by atoms with Crippen molar-refractivity contribution in [1.82, 2.24) is 15.5 Å². The first-order valence-corrected chi connectivity index (χ1v) is 11.5. The molecule has 0 aliphatic carbocycles. The van der Waals surface area contributed by atoms with Crippen LogP contribution in [0, 0.1) is 5.82 Å². The molecule has 9 nitrogen and oxygen atoms in total. The predicted molar refractivity (Wildman–Crippen MR) is 120 cm³/mol. The number of hydrogen-bond acceptors (Lipinski definition) is 7. The molecule has 3 rings (SSSR count). The van der Waals surface area contributed by atoms with Crippen molar-refractivity contribution in [2.45, 2.75) is 69.7 Å². The van der Waals surface area contributed by atoms with E-state index in [2.05, 4.69) is 10.6 Å². The molecular weight excluding hydrogens is 445 g/mol. The van der Waals surface area contributed by atoms with Gasteiger partial charge in [-0.3, -0.25) is 14.4 Å². The molecule has 34 heavy (non-hydrogen) atoms. The highest BCUT2D eigenvalue weighted by Crippen LogP contribution is 2.35. The molecule has 1 aromatic carbocycles. The molecule has 186 valence electrons. The first-order valence-electron chi connectivity index (χ1n) is 11.5. The van der Waals surface area contributed by atoms with Crippen LogP contribution in [0.15, 0.2) is 24.3 Å². The third-order valence-electron chi connectivity index (χ3n) is 6.48. The Morgan fingerprint density at radius 2 is 2.06 bits per heavy atom.